The molecule has 7 nitrogen and oxygen atoms in total. The average Bonchev–Trinajstić information content (AvgIpc) is 2.84. The van der Waals surface area contributed by atoms with E-state index in [1.807, 2.05) is 18.2 Å². The van der Waals surface area contributed by atoms with Crippen LogP contribution in [0, 0.1) is 5.82 Å². The lowest BCUT2D eigenvalue weighted by Gasteiger charge is -2.31. The van der Waals surface area contributed by atoms with Crippen LogP contribution in [0.4, 0.5) is 16.0 Å². The van der Waals surface area contributed by atoms with Gasteiger partial charge < -0.3 is 10.6 Å². The summed E-state index contributed by atoms with van der Waals surface area (Å²) in [5, 5.41) is 7.12. The van der Waals surface area contributed by atoms with E-state index in [1.54, 1.807) is 35.6 Å². The van der Waals surface area contributed by atoms with Crippen LogP contribution in [0.3, 0.4) is 0 Å². The zero-order valence-electron chi connectivity index (χ0n) is 18.8. The van der Waals surface area contributed by atoms with Crippen LogP contribution in [0.2, 0.25) is 5.02 Å². The third kappa shape index (κ3) is 6.02. The highest BCUT2D eigenvalue weighted by Gasteiger charge is 2.26. The Bertz CT molecular complexity index is 1250. The molecule has 0 amide bonds. The lowest BCUT2D eigenvalue weighted by molar-refractivity contribution is 0.330. The molecule has 34 heavy (non-hydrogen) atoms. The first-order valence-corrected chi connectivity index (χ1v) is 13.2. The molecule has 0 radical (unpaired) electrons. The number of nitrogens with one attached hydrogen (secondary N) is 2. The smallest absolute Gasteiger partial charge is 0.213 e. The zero-order chi connectivity index (χ0) is 24.1. The van der Waals surface area contributed by atoms with E-state index in [0.29, 0.717) is 54.8 Å². The van der Waals surface area contributed by atoms with E-state index >= 15 is 0 Å². The van der Waals surface area contributed by atoms with Gasteiger partial charge in [0.1, 0.15) is 17.5 Å². The molecule has 180 valence electrons. The molecule has 0 unspecified atom stereocenters. The number of halogens is 2. The predicted octanol–water partition coefficient (Wildman–Crippen LogP) is 4.77. The summed E-state index contributed by atoms with van der Waals surface area (Å²) in [5.41, 5.74) is 2.23. The van der Waals surface area contributed by atoms with Crippen LogP contribution in [0.25, 0.3) is 11.3 Å². The molecule has 1 saturated heterocycles. The molecular weight excluding hydrogens is 477 g/mol. The van der Waals surface area contributed by atoms with E-state index < -0.39 is 10.0 Å². The second-order valence-electron chi connectivity index (χ2n) is 8.16. The van der Waals surface area contributed by atoms with E-state index in [1.165, 1.54) is 12.1 Å². The second-order valence-corrected chi connectivity index (χ2v) is 10.8. The summed E-state index contributed by atoms with van der Waals surface area (Å²) in [6.07, 6.45) is 3.12. The highest BCUT2D eigenvalue weighted by molar-refractivity contribution is 7.89. The number of nitrogens with zero attached hydrogens (tertiary/aromatic N) is 3. The van der Waals surface area contributed by atoms with Crippen molar-refractivity contribution >= 4 is 33.3 Å². The Labute approximate surface area is 204 Å². The number of benzene rings is 1. The van der Waals surface area contributed by atoms with Gasteiger partial charge in [0.25, 0.3) is 0 Å². The van der Waals surface area contributed by atoms with Gasteiger partial charge in [-0.3, -0.25) is 0 Å². The topological polar surface area (TPSA) is 87.2 Å². The fourth-order valence-electron chi connectivity index (χ4n) is 3.91. The molecule has 0 spiro atoms. The van der Waals surface area contributed by atoms with Crippen molar-refractivity contribution in [1.29, 1.82) is 0 Å². The first-order valence-electron chi connectivity index (χ1n) is 11.2. The summed E-state index contributed by atoms with van der Waals surface area (Å²) < 4.78 is 39.1. The van der Waals surface area contributed by atoms with Crippen molar-refractivity contribution in [3.8, 4) is 11.3 Å². The van der Waals surface area contributed by atoms with Crippen molar-refractivity contribution in [2.45, 2.75) is 32.4 Å². The molecule has 3 heterocycles. The highest BCUT2D eigenvalue weighted by atomic mass is 35.5. The third-order valence-electron chi connectivity index (χ3n) is 5.81. The molecular formula is C24H27ClFN5O2S. The Kier molecular flexibility index (Phi) is 7.65. The molecule has 3 aromatic rings. The van der Waals surface area contributed by atoms with Crippen LogP contribution < -0.4 is 10.6 Å². The normalized spacial score (nSPS) is 15.3. The lowest BCUT2D eigenvalue weighted by Crippen LogP contribution is -2.43. The van der Waals surface area contributed by atoms with Crippen molar-refractivity contribution in [1.82, 2.24) is 14.3 Å². The van der Waals surface area contributed by atoms with E-state index in [4.69, 9.17) is 11.6 Å². The van der Waals surface area contributed by atoms with E-state index in [2.05, 4.69) is 20.6 Å². The first kappa shape index (κ1) is 24.4. The molecule has 10 heteroatoms. The quantitative estimate of drug-likeness (QED) is 0.460. The van der Waals surface area contributed by atoms with Crippen molar-refractivity contribution in [2.24, 2.45) is 0 Å². The van der Waals surface area contributed by atoms with Gasteiger partial charge in [-0.25, -0.2) is 27.1 Å². The number of aromatic nitrogens is 2. The molecule has 4 rings (SSSR count). The fraction of sp³-hybridized carbons (Fsp3) is 0.333. The maximum atomic E-state index is 13.4. The van der Waals surface area contributed by atoms with Gasteiger partial charge in [0, 0.05) is 37.4 Å². The van der Waals surface area contributed by atoms with Crippen LogP contribution >= 0.6 is 11.6 Å². The number of hydrogen-bond acceptors (Lipinski definition) is 6. The Balaban J connectivity index is 1.43. The number of rotatable bonds is 8. The van der Waals surface area contributed by atoms with Crippen LogP contribution in [0.15, 0.2) is 54.7 Å². The summed E-state index contributed by atoms with van der Waals surface area (Å²) in [4.78, 5) is 9.06. The van der Waals surface area contributed by atoms with Crippen molar-refractivity contribution in [2.75, 3.05) is 29.5 Å². The van der Waals surface area contributed by atoms with Crippen LogP contribution in [-0.4, -0.2) is 47.6 Å². The second kappa shape index (κ2) is 10.7. The molecule has 2 N–H and O–H groups in total. The monoisotopic (exact) mass is 503 g/mol. The van der Waals surface area contributed by atoms with Crippen molar-refractivity contribution in [3.05, 3.63) is 71.1 Å². The summed E-state index contributed by atoms with van der Waals surface area (Å²) >= 11 is 6.44. The number of anilines is 2. The maximum absolute atomic E-state index is 13.4. The van der Waals surface area contributed by atoms with E-state index in [9.17, 15) is 12.8 Å². The summed E-state index contributed by atoms with van der Waals surface area (Å²) in [6.45, 7) is 3.10. The number of piperidine rings is 1. The number of pyridine rings is 2. The largest absolute Gasteiger partial charge is 0.367 e. The molecule has 0 aliphatic carbocycles. The van der Waals surface area contributed by atoms with E-state index in [-0.39, 0.29) is 17.6 Å². The molecule has 1 aromatic carbocycles. The summed E-state index contributed by atoms with van der Waals surface area (Å²) in [6, 6.07) is 13.8. The fourth-order valence-corrected chi connectivity index (χ4v) is 5.26. The first-order chi connectivity index (χ1) is 16.3. The molecule has 2 aromatic heterocycles. The lowest BCUT2D eigenvalue weighted by atomic mass is 10.1. The minimum atomic E-state index is -3.15. The van der Waals surface area contributed by atoms with Gasteiger partial charge in [-0.1, -0.05) is 23.7 Å². The van der Waals surface area contributed by atoms with Crippen LogP contribution in [0.1, 0.15) is 25.3 Å². The van der Waals surface area contributed by atoms with Gasteiger partial charge in [0.15, 0.2) is 0 Å². The van der Waals surface area contributed by atoms with Gasteiger partial charge in [-0.2, -0.15) is 0 Å². The SMILES string of the molecule is CCS(=O)(=O)N1CCC(Nc2cc(-c3nc(NCc4cccc(F)c4)ccc3Cl)ccn2)CC1. The van der Waals surface area contributed by atoms with Crippen molar-refractivity contribution in [3.63, 3.8) is 0 Å². The average molecular weight is 504 g/mol. The number of sulfonamides is 1. The molecule has 0 bridgehead atoms. The molecule has 1 fully saturated rings. The zero-order valence-corrected chi connectivity index (χ0v) is 20.4. The van der Waals surface area contributed by atoms with Crippen LogP contribution in [-0.2, 0) is 16.6 Å². The van der Waals surface area contributed by atoms with Crippen LogP contribution in [0.5, 0.6) is 0 Å². The minimum Gasteiger partial charge on any atom is -0.367 e. The molecule has 1 aliphatic heterocycles. The highest BCUT2D eigenvalue weighted by Crippen LogP contribution is 2.29. The third-order valence-corrected chi connectivity index (χ3v) is 7.99. The van der Waals surface area contributed by atoms with Gasteiger partial charge in [0.05, 0.1) is 16.5 Å². The van der Waals surface area contributed by atoms with Gasteiger partial charge in [0.2, 0.25) is 10.0 Å². The predicted molar refractivity (Wildman–Crippen MR) is 134 cm³/mol. The summed E-state index contributed by atoms with van der Waals surface area (Å²) in [7, 11) is -3.15. The van der Waals surface area contributed by atoms with Crippen molar-refractivity contribution < 1.29 is 12.8 Å². The maximum Gasteiger partial charge on any atom is 0.213 e. The minimum absolute atomic E-state index is 0.124. The Morgan fingerprint density at radius 2 is 1.91 bits per heavy atom. The van der Waals surface area contributed by atoms with E-state index in [0.717, 1.165) is 11.1 Å². The Morgan fingerprint density at radius 1 is 1.12 bits per heavy atom. The van der Waals surface area contributed by atoms with Gasteiger partial charge in [-0.15, -0.1) is 0 Å². The standard InChI is InChI=1S/C24H27ClFN5O2S/c1-2-34(32,33)31-12-9-20(10-13-31)29-23-15-18(8-11-27-23)24-21(25)6-7-22(30-24)28-16-17-4-3-5-19(26)14-17/h3-8,11,14-15,20H,2,9-10,12-13,16H2,1H3,(H,27,29)(H,28,30). The summed E-state index contributed by atoms with van der Waals surface area (Å²) in [5.74, 6) is 1.15. The molecule has 1 aliphatic rings. The number of hydrogen-bond donors (Lipinski definition) is 2. The molecule has 0 atom stereocenters. The van der Waals surface area contributed by atoms with Gasteiger partial charge >= 0.3 is 0 Å². The molecule has 0 saturated carbocycles. The Morgan fingerprint density at radius 3 is 2.65 bits per heavy atom. The van der Waals surface area contributed by atoms with Gasteiger partial charge in [-0.05, 0) is 61.7 Å². The Hall–Kier alpha value is -2.75.